The summed E-state index contributed by atoms with van der Waals surface area (Å²) < 4.78 is 0. The smallest absolute Gasteiger partial charge is 0.335 e. The van der Waals surface area contributed by atoms with E-state index in [1.54, 1.807) is 12.1 Å². The van der Waals surface area contributed by atoms with Gasteiger partial charge in [0.05, 0.1) is 5.56 Å². The summed E-state index contributed by atoms with van der Waals surface area (Å²) in [5.41, 5.74) is 0.819. The van der Waals surface area contributed by atoms with Crippen LogP contribution in [0.5, 0.6) is 0 Å². The van der Waals surface area contributed by atoms with E-state index in [2.05, 4.69) is 31.4 Å². The quantitative estimate of drug-likeness (QED) is 0.765. The first-order valence-corrected chi connectivity index (χ1v) is 6.22. The number of carboxylic acid groups (broad SMARTS) is 1. The first kappa shape index (κ1) is 15.0. The first-order chi connectivity index (χ1) is 8.84. The summed E-state index contributed by atoms with van der Waals surface area (Å²) in [6.45, 7) is 6.82. The van der Waals surface area contributed by atoms with Gasteiger partial charge in [-0.25, -0.2) is 9.59 Å². The monoisotopic (exact) mass is 264 g/mol. The fourth-order valence-corrected chi connectivity index (χ4v) is 1.32. The van der Waals surface area contributed by atoms with Crippen molar-refractivity contribution in [3.05, 3.63) is 29.8 Å². The van der Waals surface area contributed by atoms with E-state index in [4.69, 9.17) is 5.11 Å². The number of carbonyl (C=O) groups is 2. The highest BCUT2D eigenvalue weighted by atomic mass is 16.4. The molecule has 1 aromatic carbocycles. The minimum absolute atomic E-state index is 0.0600. The zero-order valence-corrected chi connectivity index (χ0v) is 11.5. The van der Waals surface area contributed by atoms with Crippen molar-refractivity contribution in [1.82, 2.24) is 5.32 Å². The van der Waals surface area contributed by atoms with Gasteiger partial charge in [0.25, 0.3) is 0 Å². The summed E-state index contributed by atoms with van der Waals surface area (Å²) in [5.74, 6) is -0.985. The molecule has 5 heteroatoms. The van der Waals surface area contributed by atoms with Crippen LogP contribution in [0.4, 0.5) is 10.5 Å². The molecule has 19 heavy (non-hydrogen) atoms. The third-order valence-corrected chi connectivity index (χ3v) is 3.07. The number of carboxylic acids is 1. The zero-order chi connectivity index (χ0) is 14.5. The Morgan fingerprint density at radius 2 is 1.79 bits per heavy atom. The maximum absolute atomic E-state index is 11.7. The maximum Gasteiger partial charge on any atom is 0.335 e. The van der Waals surface area contributed by atoms with Crippen molar-refractivity contribution in [3.63, 3.8) is 0 Å². The summed E-state index contributed by atoms with van der Waals surface area (Å²) in [6.07, 6.45) is 0.973. The van der Waals surface area contributed by atoms with E-state index in [1.165, 1.54) is 12.1 Å². The van der Waals surface area contributed by atoms with Crippen LogP contribution in [0.2, 0.25) is 0 Å². The van der Waals surface area contributed by atoms with Gasteiger partial charge in [-0.3, -0.25) is 0 Å². The molecule has 0 aliphatic carbocycles. The van der Waals surface area contributed by atoms with Crippen LogP contribution in [0, 0.1) is 5.41 Å². The molecule has 0 saturated carbocycles. The molecule has 0 aliphatic heterocycles. The van der Waals surface area contributed by atoms with E-state index >= 15 is 0 Å². The lowest BCUT2D eigenvalue weighted by Gasteiger charge is -2.22. The second kappa shape index (κ2) is 6.22. The molecule has 0 aromatic heterocycles. The first-order valence-electron chi connectivity index (χ1n) is 6.22. The van der Waals surface area contributed by atoms with Gasteiger partial charge in [0, 0.05) is 12.2 Å². The van der Waals surface area contributed by atoms with Crippen LogP contribution >= 0.6 is 0 Å². The summed E-state index contributed by atoms with van der Waals surface area (Å²) in [7, 11) is 0. The molecule has 1 aromatic rings. The molecule has 0 atom stereocenters. The summed E-state index contributed by atoms with van der Waals surface area (Å²) in [5, 5.41) is 14.2. The van der Waals surface area contributed by atoms with E-state index in [0.29, 0.717) is 12.2 Å². The van der Waals surface area contributed by atoms with Gasteiger partial charge in [-0.2, -0.15) is 0 Å². The zero-order valence-electron chi connectivity index (χ0n) is 11.5. The lowest BCUT2D eigenvalue weighted by atomic mass is 9.90. The predicted octanol–water partition coefficient (Wildman–Crippen LogP) is 2.94. The number of aromatic carboxylic acids is 1. The lowest BCUT2D eigenvalue weighted by Crippen LogP contribution is -2.36. The number of urea groups is 1. The van der Waals surface area contributed by atoms with Crippen molar-refractivity contribution < 1.29 is 14.7 Å². The number of amides is 2. The molecule has 2 amide bonds. The number of nitrogens with one attached hydrogen (secondary N) is 2. The van der Waals surface area contributed by atoms with Crippen LogP contribution in [0.3, 0.4) is 0 Å². The molecule has 5 nitrogen and oxygen atoms in total. The molecule has 0 unspecified atom stereocenters. The average Bonchev–Trinajstić information content (AvgIpc) is 2.37. The second-order valence-electron chi connectivity index (χ2n) is 5.21. The topological polar surface area (TPSA) is 78.4 Å². The van der Waals surface area contributed by atoms with E-state index < -0.39 is 5.97 Å². The van der Waals surface area contributed by atoms with Crippen molar-refractivity contribution in [2.45, 2.75) is 27.2 Å². The SMILES string of the molecule is CCC(C)(C)CNC(=O)Nc1ccc(C(=O)O)cc1. The van der Waals surface area contributed by atoms with Crippen molar-refractivity contribution in [1.29, 1.82) is 0 Å². The maximum atomic E-state index is 11.7. The Bertz CT molecular complexity index is 452. The number of benzene rings is 1. The number of hydrogen-bond acceptors (Lipinski definition) is 2. The van der Waals surface area contributed by atoms with Crippen LogP contribution in [0.25, 0.3) is 0 Å². The standard InChI is InChI=1S/C14H20N2O3/c1-4-14(2,3)9-15-13(19)16-11-7-5-10(6-8-11)12(17)18/h5-8H,4,9H2,1-3H3,(H,17,18)(H2,15,16,19). The van der Waals surface area contributed by atoms with E-state index in [0.717, 1.165) is 6.42 Å². The van der Waals surface area contributed by atoms with Crippen molar-refractivity contribution in [3.8, 4) is 0 Å². The summed E-state index contributed by atoms with van der Waals surface area (Å²) in [6, 6.07) is 5.74. The third-order valence-electron chi connectivity index (χ3n) is 3.07. The largest absolute Gasteiger partial charge is 0.478 e. The van der Waals surface area contributed by atoms with Gasteiger partial charge in [-0.05, 0) is 36.1 Å². The van der Waals surface area contributed by atoms with E-state index in [1.807, 2.05) is 0 Å². The van der Waals surface area contributed by atoms with Crippen LogP contribution < -0.4 is 10.6 Å². The molecule has 0 aliphatic rings. The predicted molar refractivity (Wildman–Crippen MR) is 74.5 cm³/mol. The Morgan fingerprint density at radius 3 is 2.26 bits per heavy atom. The normalized spacial score (nSPS) is 10.9. The molecule has 0 radical (unpaired) electrons. The van der Waals surface area contributed by atoms with Crippen LogP contribution in [0.1, 0.15) is 37.6 Å². The lowest BCUT2D eigenvalue weighted by molar-refractivity contribution is 0.0697. The number of carbonyl (C=O) groups excluding carboxylic acids is 1. The Balaban J connectivity index is 2.51. The highest BCUT2D eigenvalue weighted by Crippen LogP contribution is 2.17. The average molecular weight is 264 g/mol. The van der Waals surface area contributed by atoms with Crippen molar-refractivity contribution in [2.75, 3.05) is 11.9 Å². The van der Waals surface area contributed by atoms with Gasteiger partial charge >= 0.3 is 12.0 Å². The van der Waals surface area contributed by atoms with Crippen LogP contribution in [-0.4, -0.2) is 23.7 Å². The van der Waals surface area contributed by atoms with Gasteiger partial charge in [-0.1, -0.05) is 20.8 Å². The number of rotatable bonds is 5. The fourth-order valence-electron chi connectivity index (χ4n) is 1.32. The van der Waals surface area contributed by atoms with Gasteiger partial charge in [0.2, 0.25) is 0 Å². The Hall–Kier alpha value is -2.04. The van der Waals surface area contributed by atoms with Crippen molar-refractivity contribution >= 4 is 17.7 Å². The highest BCUT2D eigenvalue weighted by molar-refractivity contribution is 5.91. The molecular weight excluding hydrogens is 244 g/mol. The molecular formula is C14H20N2O3. The molecule has 0 saturated heterocycles. The van der Waals surface area contributed by atoms with Gasteiger partial charge in [0.15, 0.2) is 0 Å². The van der Waals surface area contributed by atoms with E-state index in [-0.39, 0.29) is 17.0 Å². The molecule has 0 bridgehead atoms. The van der Waals surface area contributed by atoms with E-state index in [9.17, 15) is 9.59 Å². The molecule has 0 spiro atoms. The molecule has 104 valence electrons. The van der Waals surface area contributed by atoms with Crippen LogP contribution in [0.15, 0.2) is 24.3 Å². The van der Waals surface area contributed by atoms with Gasteiger partial charge in [-0.15, -0.1) is 0 Å². The van der Waals surface area contributed by atoms with Crippen molar-refractivity contribution in [2.24, 2.45) is 5.41 Å². The Kier molecular flexibility index (Phi) is 4.92. The number of anilines is 1. The minimum atomic E-state index is -0.985. The Labute approximate surface area is 113 Å². The fraction of sp³-hybridized carbons (Fsp3) is 0.429. The van der Waals surface area contributed by atoms with Gasteiger partial charge in [0.1, 0.15) is 0 Å². The minimum Gasteiger partial charge on any atom is -0.478 e. The third kappa shape index (κ3) is 4.99. The molecule has 1 rings (SSSR count). The summed E-state index contributed by atoms with van der Waals surface area (Å²) in [4.78, 5) is 22.3. The number of hydrogen-bond donors (Lipinski definition) is 3. The van der Waals surface area contributed by atoms with Gasteiger partial charge < -0.3 is 15.7 Å². The molecule has 3 N–H and O–H groups in total. The molecule has 0 heterocycles. The van der Waals surface area contributed by atoms with Crippen LogP contribution in [-0.2, 0) is 0 Å². The molecule has 0 fully saturated rings. The Morgan fingerprint density at radius 1 is 1.21 bits per heavy atom. The summed E-state index contributed by atoms with van der Waals surface area (Å²) >= 11 is 0. The highest BCUT2D eigenvalue weighted by Gasteiger charge is 2.16. The second-order valence-corrected chi connectivity index (χ2v) is 5.21.